The molecule has 0 atom stereocenters. The van der Waals surface area contributed by atoms with Gasteiger partial charge in [-0.25, -0.2) is 13.1 Å². The van der Waals surface area contributed by atoms with Gasteiger partial charge in [-0.05, 0) is 65.6 Å². The second-order valence-electron chi connectivity index (χ2n) is 9.81. The number of nitrogens with one attached hydrogen (secondary N) is 1. The van der Waals surface area contributed by atoms with Crippen molar-refractivity contribution in [1.29, 1.82) is 0 Å². The summed E-state index contributed by atoms with van der Waals surface area (Å²) in [5.74, 6) is -1.91. The fourth-order valence-electron chi connectivity index (χ4n) is 5.21. The van der Waals surface area contributed by atoms with Gasteiger partial charge in [-0.15, -0.1) is 0 Å². The molecular weight excluding hydrogens is 511 g/mol. The molecule has 0 aliphatic carbocycles. The van der Waals surface area contributed by atoms with Crippen molar-refractivity contribution in [2.24, 2.45) is 0 Å². The first-order valence-electron chi connectivity index (χ1n) is 12.9. The number of hydrogen-bond donors (Lipinski definition) is 1. The number of nitrogens with zero attached hydrogens (tertiary/aromatic N) is 2. The number of halogens is 3. The lowest BCUT2D eigenvalue weighted by atomic mass is 9.92. The van der Waals surface area contributed by atoms with Crippen LogP contribution < -0.4 is 4.72 Å². The van der Waals surface area contributed by atoms with Crippen LogP contribution in [0.2, 0.25) is 0 Å². The Kier molecular flexibility index (Phi) is 8.59. The van der Waals surface area contributed by atoms with Crippen LogP contribution in [-0.4, -0.2) is 36.8 Å². The van der Waals surface area contributed by atoms with Gasteiger partial charge in [-0.1, -0.05) is 56.3 Å². The fraction of sp³-hybridized carbons (Fsp3) is 0.414. The molecule has 1 aliphatic heterocycles. The summed E-state index contributed by atoms with van der Waals surface area (Å²) < 4.78 is 65.3. The zero-order chi connectivity index (χ0) is 27.5. The van der Waals surface area contributed by atoms with Crippen LogP contribution in [0.3, 0.4) is 0 Å². The first kappa shape index (κ1) is 28.3. The zero-order valence-corrected chi connectivity index (χ0v) is 22.8. The van der Waals surface area contributed by atoms with E-state index in [0.29, 0.717) is 12.1 Å². The topological polar surface area (TPSA) is 62.3 Å². The minimum Gasteiger partial charge on any atom is -0.294 e. The maximum absolute atomic E-state index is 12.9. The Morgan fingerprint density at radius 2 is 1.63 bits per heavy atom. The fourth-order valence-corrected chi connectivity index (χ4v) is 6.11. The predicted octanol–water partition coefficient (Wildman–Crippen LogP) is 5.72. The molecule has 0 saturated carbocycles. The molecule has 38 heavy (non-hydrogen) atoms. The van der Waals surface area contributed by atoms with Crippen LogP contribution in [0.1, 0.15) is 52.9 Å². The molecule has 9 heteroatoms. The largest absolute Gasteiger partial charge is 0.404 e. The lowest BCUT2D eigenvalue weighted by Gasteiger charge is -2.30. The normalized spacial score (nSPS) is 14.5. The standard InChI is InChI=1S/C29H34F3N3O2S/c1-4-21-11-8-12-22(5-2)28(21)27-15-25(16-33-38(36,37)19-29(30,31)32)26(20(3)34-27)18-35-14-13-23-9-6-7-10-24(23)17-35/h6-12,15,33H,4-5,13-14,16-19H2,1-3H3. The highest BCUT2D eigenvalue weighted by Crippen LogP contribution is 2.31. The molecule has 2 heterocycles. The minimum absolute atomic E-state index is 0.232. The van der Waals surface area contributed by atoms with Gasteiger partial charge < -0.3 is 0 Å². The van der Waals surface area contributed by atoms with Crippen LogP contribution in [0.25, 0.3) is 11.3 Å². The Bertz CT molecular complexity index is 1380. The summed E-state index contributed by atoms with van der Waals surface area (Å²) in [5.41, 5.74) is 8.78. The molecule has 4 rings (SSSR count). The molecular formula is C29H34F3N3O2S. The third-order valence-electron chi connectivity index (χ3n) is 7.11. The maximum Gasteiger partial charge on any atom is 0.404 e. The van der Waals surface area contributed by atoms with E-state index in [0.717, 1.165) is 66.0 Å². The monoisotopic (exact) mass is 545 g/mol. The average molecular weight is 546 g/mol. The SMILES string of the molecule is CCc1cccc(CC)c1-c1cc(CNS(=O)(=O)CC(F)(F)F)c(CN2CCc3ccccc3C2)c(C)n1. The van der Waals surface area contributed by atoms with Crippen molar-refractivity contribution < 1.29 is 21.6 Å². The van der Waals surface area contributed by atoms with Crippen molar-refractivity contribution in [2.45, 2.75) is 65.8 Å². The molecule has 0 unspecified atom stereocenters. The third kappa shape index (κ3) is 6.81. The molecule has 0 fully saturated rings. The van der Waals surface area contributed by atoms with Crippen LogP contribution >= 0.6 is 0 Å². The van der Waals surface area contributed by atoms with Crippen molar-refractivity contribution in [1.82, 2.24) is 14.6 Å². The minimum atomic E-state index is -4.81. The van der Waals surface area contributed by atoms with Gasteiger partial charge in [0.25, 0.3) is 0 Å². The number of alkyl halides is 3. The second kappa shape index (κ2) is 11.6. The number of aryl methyl sites for hydroxylation is 3. The van der Waals surface area contributed by atoms with Gasteiger partial charge >= 0.3 is 6.18 Å². The van der Waals surface area contributed by atoms with Crippen molar-refractivity contribution >= 4 is 10.0 Å². The maximum atomic E-state index is 12.9. The van der Waals surface area contributed by atoms with Gasteiger partial charge in [-0.2, -0.15) is 13.2 Å². The molecule has 1 aromatic heterocycles. The van der Waals surface area contributed by atoms with E-state index in [1.807, 2.05) is 31.2 Å². The summed E-state index contributed by atoms with van der Waals surface area (Å²) in [6, 6.07) is 16.3. The van der Waals surface area contributed by atoms with E-state index in [2.05, 4.69) is 47.7 Å². The first-order valence-corrected chi connectivity index (χ1v) is 14.6. The summed E-state index contributed by atoms with van der Waals surface area (Å²) >= 11 is 0. The number of benzene rings is 2. The molecule has 0 radical (unpaired) electrons. The molecule has 1 N–H and O–H groups in total. The lowest BCUT2D eigenvalue weighted by molar-refractivity contribution is -0.106. The Hall–Kier alpha value is -2.75. The van der Waals surface area contributed by atoms with E-state index in [1.165, 1.54) is 11.1 Å². The smallest absolute Gasteiger partial charge is 0.294 e. The van der Waals surface area contributed by atoms with E-state index >= 15 is 0 Å². The Balaban J connectivity index is 1.73. The van der Waals surface area contributed by atoms with Gasteiger partial charge in [0.1, 0.15) is 0 Å². The second-order valence-corrected chi connectivity index (χ2v) is 11.6. The van der Waals surface area contributed by atoms with Crippen molar-refractivity contribution in [3.63, 3.8) is 0 Å². The van der Waals surface area contributed by atoms with Crippen molar-refractivity contribution in [2.75, 3.05) is 12.3 Å². The van der Waals surface area contributed by atoms with Crippen molar-refractivity contribution in [3.05, 3.63) is 87.6 Å². The van der Waals surface area contributed by atoms with Gasteiger partial charge in [0, 0.05) is 37.4 Å². The number of sulfonamides is 1. The lowest BCUT2D eigenvalue weighted by Crippen LogP contribution is -2.34. The Morgan fingerprint density at radius 1 is 0.974 bits per heavy atom. The van der Waals surface area contributed by atoms with E-state index in [1.54, 1.807) is 0 Å². The molecule has 1 aliphatic rings. The number of pyridine rings is 1. The highest BCUT2D eigenvalue weighted by molar-refractivity contribution is 7.89. The van der Waals surface area contributed by atoms with E-state index in [4.69, 9.17) is 4.98 Å². The number of hydrogen-bond acceptors (Lipinski definition) is 4. The van der Waals surface area contributed by atoms with Gasteiger partial charge in [0.2, 0.25) is 10.0 Å². The zero-order valence-electron chi connectivity index (χ0n) is 22.0. The number of fused-ring (bicyclic) bond motifs is 1. The van der Waals surface area contributed by atoms with Crippen LogP contribution in [0, 0.1) is 6.92 Å². The molecule has 3 aromatic rings. The summed E-state index contributed by atoms with van der Waals surface area (Å²) in [4.78, 5) is 7.23. The summed E-state index contributed by atoms with van der Waals surface area (Å²) in [5, 5.41) is 0. The predicted molar refractivity (Wildman–Crippen MR) is 144 cm³/mol. The summed E-state index contributed by atoms with van der Waals surface area (Å²) in [6.45, 7) is 7.90. The highest BCUT2D eigenvalue weighted by atomic mass is 32.2. The van der Waals surface area contributed by atoms with Gasteiger partial charge in [0.05, 0.1) is 5.69 Å². The third-order valence-corrected chi connectivity index (χ3v) is 8.40. The molecule has 204 valence electrons. The molecule has 5 nitrogen and oxygen atoms in total. The molecule has 0 spiro atoms. The molecule has 2 aromatic carbocycles. The van der Waals surface area contributed by atoms with E-state index < -0.39 is 22.0 Å². The van der Waals surface area contributed by atoms with Crippen LogP contribution in [0.4, 0.5) is 13.2 Å². The first-order chi connectivity index (χ1) is 18.0. The van der Waals surface area contributed by atoms with Crippen LogP contribution in [0.5, 0.6) is 0 Å². The van der Waals surface area contributed by atoms with Crippen molar-refractivity contribution in [3.8, 4) is 11.3 Å². The summed E-state index contributed by atoms with van der Waals surface area (Å²) in [7, 11) is -4.55. The molecule has 0 amide bonds. The van der Waals surface area contributed by atoms with Crippen LogP contribution in [-0.2, 0) is 48.9 Å². The van der Waals surface area contributed by atoms with Crippen LogP contribution in [0.15, 0.2) is 48.5 Å². The molecule has 0 saturated heterocycles. The molecule has 0 bridgehead atoms. The average Bonchev–Trinajstić information content (AvgIpc) is 2.86. The summed E-state index contributed by atoms with van der Waals surface area (Å²) in [6.07, 6.45) is -2.32. The number of rotatable bonds is 9. The highest BCUT2D eigenvalue weighted by Gasteiger charge is 2.35. The Labute approximate surface area is 223 Å². The number of aromatic nitrogens is 1. The van der Waals surface area contributed by atoms with E-state index in [9.17, 15) is 21.6 Å². The Morgan fingerprint density at radius 3 is 2.26 bits per heavy atom. The van der Waals surface area contributed by atoms with Gasteiger partial charge in [0.15, 0.2) is 5.75 Å². The van der Waals surface area contributed by atoms with Gasteiger partial charge in [-0.3, -0.25) is 9.88 Å². The quantitative estimate of drug-likeness (QED) is 0.374. The van der Waals surface area contributed by atoms with E-state index in [-0.39, 0.29) is 6.54 Å².